The number of aryl methyl sites for hydroxylation is 1. The predicted molar refractivity (Wildman–Crippen MR) is 77.5 cm³/mol. The molecule has 0 amide bonds. The molecule has 0 aliphatic carbocycles. The third-order valence-corrected chi connectivity index (χ3v) is 3.03. The van der Waals surface area contributed by atoms with Crippen LogP contribution in [0.3, 0.4) is 0 Å². The zero-order valence-corrected chi connectivity index (χ0v) is 10.6. The van der Waals surface area contributed by atoms with Gasteiger partial charge in [-0.2, -0.15) is 0 Å². The maximum atomic E-state index is 5.44. The van der Waals surface area contributed by atoms with E-state index in [2.05, 4.69) is 33.6 Å². The molecule has 0 aliphatic rings. The lowest BCUT2D eigenvalue weighted by atomic mass is 10.0. The molecule has 0 saturated heterocycles. The Morgan fingerprint density at radius 3 is 2.63 bits per heavy atom. The summed E-state index contributed by atoms with van der Waals surface area (Å²) in [6.45, 7) is 1.93. The molecule has 0 atom stereocenters. The Kier molecular flexibility index (Phi) is 2.85. The average molecular weight is 250 g/mol. The molecule has 3 aromatic rings. The fourth-order valence-corrected chi connectivity index (χ4v) is 2.18. The molecule has 1 heterocycles. The summed E-state index contributed by atoms with van der Waals surface area (Å²) in [4.78, 5) is 8.92. The number of hydrogen-bond donors (Lipinski definition) is 2. The van der Waals surface area contributed by atoms with E-state index >= 15 is 0 Å². The minimum absolute atomic E-state index is 0.621. The van der Waals surface area contributed by atoms with Gasteiger partial charge in [0.05, 0.1) is 0 Å². The van der Waals surface area contributed by atoms with Crippen LogP contribution in [0.25, 0.3) is 22.2 Å². The molecule has 3 N–H and O–H groups in total. The van der Waals surface area contributed by atoms with Crippen molar-refractivity contribution in [1.82, 2.24) is 9.97 Å². The van der Waals surface area contributed by atoms with Crippen molar-refractivity contribution in [3.63, 3.8) is 0 Å². The zero-order valence-electron chi connectivity index (χ0n) is 10.6. The number of hydrogen-bond acceptors (Lipinski definition) is 4. The van der Waals surface area contributed by atoms with E-state index < -0.39 is 0 Å². The van der Waals surface area contributed by atoms with E-state index in [-0.39, 0.29) is 0 Å². The molecule has 0 bridgehead atoms. The number of aromatic nitrogens is 2. The first-order valence-corrected chi connectivity index (χ1v) is 6.08. The Morgan fingerprint density at radius 1 is 1.00 bits per heavy atom. The van der Waals surface area contributed by atoms with E-state index in [1.807, 2.05) is 37.3 Å². The molecule has 0 aliphatic heterocycles. The van der Waals surface area contributed by atoms with Gasteiger partial charge in [0.15, 0.2) is 5.82 Å². The minimum atomic E-state index is 0.621. The molecule has 1 aromatic heterocycles. The molecule has 4 nitrogen and oxygen atoms in total. The van der Waals surface area contributed by atoms with Gasteiger partial charge in [-0.15, -0.1) is 0 Å². The van der Waals surface area contributed by atoms with E-state index in [1.54, 1.807) is 0 Å². The molecule has 0 saturated carbocycles. The number of nitrogens with two attached hydrogens (primary N) is 1. The maximum Gasteiger partial charge on any atom is 0.162 e. The number of nitrogens with zero attached hydrogens (tertiary/aromatic N) is 2. The minimum Gasteiger partial charge on any atom is -0.308 e. The largest absolute Gasteiger partial charge is 0.308 e. The third-order valence-electron chi connectivity index (χ3n) is 3.03. The van der Waals surface area contributed by atoms with E-state index in [4.69, 9.17) is 5.84 Å². The second-order valence-corrected chi connectivity index (χ2v) is 4.39. The van der Waals surface area contributed by atoms with Crippen molar-refractivity contribution < 1.29 is 0 Å². The number of nitrogen functional groups attached to an aromatic ring is 1. The summed E-state index contributed by atoms with van der Waals surface area (Å²) < 4.78 is 0. The van der Waals surface area contributed by atoms with Crippen LogP contribution in [0.4, 0.5) is 5.82 Å². The van der Waals surface area contributed by atoms with Crippen LogP contribution >= 0.6 is 0 Å². The van der Waals surface area contributed by atoms with Crippen molar-refractivity contribution in [2.45, 2.75) is 6.92 Å². The van der Waals surface area contributed by atoms with E-state index in [9.17, 15) is 0 Å². The van der Waals surface area contributed by atoms with Crippen LogP contribution in [-0.4, -0.2) is 9.97 Å². The molecule has 19 heavy (non-hydrogen) atoms. The Labute approximate surface area is 111 Å². The fraction of sp³-hybridized carbons (Fsp3) is 0.0667. The molecule has 0 fully saturated rings. The van der Waals surface area contributed by atoms with Crippen molar-refractivity contribution in [2.75, 3.05) is 5.43 Å². The fourth-order valence-electron chi connectivity index (χ4n) is 2.18. The zero-order chi connectivity index (χ0) is 13.2. The third kappa shape index (κ3) is 2.13. The SMILES string of the molecule is Cc1cc(NN)nc(-c2cccc3ccccc23)n1. The van der Waals surface area contributed by atoms with Crippen molar-refractivity contribution in [3.8, 4) is 11.4 Å². The Balaban J connectivity index is 2.27. The topological polar surface area (TPSA) is 63.8 Å². The van der Waals surface area contributed by atoms with Crippen LogP contribution in [0.1, 0.15) is 5.69 Å². The lowest BCUT2D eigenvalue weighted by Crippen LogP contribution is -2.10. The molecule has 0 unspecified atom stereocenters. The summed E-state index contributed by atoms with van der Waals surface area (Å²) in [5.74, 6) is 6.74. The van der Waals surface area contributed by atoms with Gasteiger partial charge in [-0.1, -0.05) is 42.5 Å². The highest BCUT2D eigenvalue weighted by Crippen LogP contribution is 2.26. The molecular weight excluding hydrogens is 236 g/mol. The second kappa shape index (κ2) is 4.66. The standard InChI is InChI=1S/C15H14N4/c1-10-9-14(19-16)18-15(17-10)13-8-4-6-11-5-2-3-7-12(11)13/h2-9H,16H2,1H3,(H,17,18,19). The van der Waals surface area contributed by atoms with Crippen LogP contribution in [0.15, 0.2) is 48.5 Å². The number of hydrazine groups is 1. The van der Waals surface area contributed by atoms with Gasteiger partial charge >= 0.3 is 0 Å². The van der Waals surface area contributed by atoms with Gasteiger partial charge in [0, 0.05) is 17.3 Å². The van der Waals surface area contributed by atoms with Crippen LogP contribution in [0, 0.1) is 6.92 Å². The molecule has 0 radical (unpaired) electrons. The Morgan fingerprint density at radius 2 is 1.79 bits per heavy atom. The van der Waals surface area contributed by atoms with E-state index in [0.29, 0.717) is 11.6 Å². The van der Waals surface area contributed by atoms with E-state index in [0.717, 1.165) is 16.6 Å². The average Bonchev–Trinajstić information content (AvgIpc) is 2.46. The first kappa shape index (κ1) is 11.6. The van der Waals surface area contributed by atoms with Crippen molar-refractivity contribution in [3.05, 3.63) is 54.2 Å². The lowest BCUT2D eigenvalue weighted by molar-refractivity contribution is 1.10. The Bertz CT molecular complexity index is 732. The smallest absolute Gasteiger partial charge is 0.162 e. The molecule has 2 aromatic carbocycles. The lowest BCUT2D eigenvalue weighted by Gasteiger charge is -2.08. The number of rotatable bonds is 2. The summed E-state index contributed by atoms with van der Waals surface area (Å²) in [6, 6.07) is 16.1. The highest BCUT2D eigenvalue weighted by molar-refractivity contribution is 5.95. The molecule has 4 heteroatoms. The maximum absolute atomic E-state index is 5.44. The van der Waals surface area contributed by atoms with Gasteiger partial charge in [-0.3, -0.25) is 0 Å². The van der Waals surface area contributed by atoms with Gasteiger partial charge < -0.3 is 5.43 Å². The van der Waals surface area contributed by atoms with Gasteiger partial charge in [-0.25, -0.2) is 15.8 Å². The quantitative estimate of drug-likeness (QED) is 0.542. The van der Waals surface area contributed by atoms with Gasteiger partial charge in [0.2, 0.25) is 0 Å². The van der Waals surface area contributed by atoms with Crippen molar-refractivity contribution in [2.24, 2.45) is 5.84 Å². The summed E-state index contributed by atoms with van der Waals surface area (Å²) in [5.41, 5.74) is 4.47. The van der Waals surface area contributed by atoms with Crippen molar-refractivity contribution >= 4 is 16.6 Å². The summed E-state index contributed by atoms with van der Waals surface area (Å²) >= 11 is 0. The molecule has 3 rings (SSSR count). The molecule has 94 valence electrons. The second-order valence-electron chi connectivity index (χ2n) is 4.39. The van der Waals surface area contributed by atoms with Gasteiger partial charge in [-0.05, 0) is 17.7 Å². The Hall–Kier alpha value is -2.46. The highest BCUT2D eigenvalue weighted by atomic mass is 15.3. The van der Waals surface area contributed by atoms with Gasteiger partial charge in [0.25, 0.3) is 0 Å². The van der Waals surface area contributed by atoms with Crippen LogP contribution in [-0.2, 0) is 0 Å². The number of fused-ring (bicyclic) bond motifs is 1. The first-order valence-electron chi connectivity index (χ1n) is 6.08. The number of benzene rings is 2. The predicted octanol–water partition coefficient (Wildman–Crippen LogP) is 2.89. The molecule has 0 spiro atoms. The van der Waals surface area contributed by atoms with Crippen LogP contribution in [0.5, 0.6) is 0 Å². The van der Waals surface area contributed by atoms with Gasteiger partial charge in [0.1, 0.15) is 5.82 Å². The van der Waals surface area contributed by atoms with Crippen molar-refractivity contribution in [1.29, 1.82) is 0 Å². The number of nitrogens with one attached hydrogen (secondary N) is 1. The summed E-state index contributed by atoms with van der Waals surface area (Å²) in [7, 11) is 0. The van der Waals surface area contributed by atoms with E-state index in [1.165, 1.54) is 5.39 Å². The highest BCUT2D eigenvalue weighted by Gasteiger charge is 2.08. The monoisotopic (exact) mass is 250 g/mol. The first-order chi connectivity index (χ1) is 9.28. The molecular formula is C15H14N4. The van der Waals surface area contributed by atoms with Crippen LogP contribution < -0.4 is 11.3 Å². The number of anilines is 1. The normalized spacial score (nSPS) is 10.6. The summed E-state index contributed by atoms with van der Waals surface area (Å²) in [5, 5.41) is 2.31. The summed E-state index contributed by atoms with van der Waals surface area (Å²) in [6.07, 6.45) is 0. The van der Waals surface area contributed by atoms with Crippen LogP contribution in [0.2, 0.25) is 0 Å².